The Hall–Kier alpha value is -9.17. The van der Waals surface area contributed by atoms with E-state index in [0.717, 1.165) is 71.2 Å². The largest absolute Gasteiger partial charge is 0.507 e. The Balaban J connectivity index is 0.930. The highest BCUT2D eigenvalue weighted by molar-refractivity contribution is 7.25. The minimum absolute atomic E-state index is 0.106. The van der Waals surface area contributed by atoms with Crippen molar-refractivity contribution in [3.63, 3.8) is 0 Å². The Morgan fingerprint density at radius 3 is 1.81 bits per heavy atom. The molecule has 0 aliphatic rings. The number of hydrogen-bond acceptors (Lipinski definition) is 6. The number of furan rings is 1. The molecular weight excluding hydrogens is 877 g/mol. The predicted octanol–water partition coefficient (Wildman–Crippen LogP) is 16.9. The molecule has 0 saturated carbocycles. The van der Waals surface area contributed by atoms with Crippen LogP contribution in [0.15, 0.2) is 229 Å². The zero-order chi connectivity index (χ0) is 46.3. The van der Waals surface area contributed by atoms with E-state index in [1.165, 1.54) is 37.4 Å². The predicted molar refractivity (Wildman–Crippen MR) is 289 cm³/mol. The van der Waals surface area contributed by atoms with E-state index in [2.05, 4.69) is 168 Å². The number of phenolic OH excluding ortho intramolecular Hbond substituents is 1. The van der Waals surface area contributed by atoms with Crippen LogP contribution < -0.4 is 0 Å². The van der Waals surface area contributed by atoms with E-state index in [1.54, 1.807) is 11.3 Å². The number of rotatable bonds is 7. The van der Waals surface area contributed by atoms with Crippen LogP contribution in [0.5, 0.6) is 5.75 Å². The number of phenols is 1. The molecule has 4 heterocycles. The van der Waals surface area contributed by atoms with Crippen molar-refractivity contribution < 1.29 is 9.52 Å². The minimum atomic E-state index is 0.106. The van der Waals surface area contributed by atoms with Crippen LogP contribution in [0.3, 0.4) is 0 Å². The van der Waals surface area contributed by atoms with Gasteiger partial charge in [0.2, 0.25) is 0 Å². The van der Waals surface area contributed by atoms with E-state index in [4.69, 9.17) is 19.4 Å². The van der Waals surface area contributed by atoms with Crippen molar-refractivity contribution in [2.24, 2.45) is 0 Å². The summed E-state index contributed by atoms with van der Waals surface area (Å²) < 4.78 is 11.3. The topological polar surface area (TPSA) is 77.0 Å². The van der Waals surface area contributed by atoms with E-state index in [0.29, 0.717) is 28.6 Å². The number of aromatic hydroxyl groups is 1. The summed E-state index contributed by atoms with van der Waals surface area (Å²) in [5, 5.41) is 18.6. The molecule has 328 valence electrons. The maximum atomic E-state index is 12.0. The highest BCUT2D eigenvalue weighted by atomic mass is 32.1. The Morgan fingerprint density at radius 2 is 0.957 bits per heavy atom. The van der Waals surface area contributed by atoms with Gasteiger partial charge >= 0.3 is 0 Å². The van der Waals surface area contributed by atoms with E-state index in [-0.39, 0.29) is 5.75 Å². The molecule has 0 bridgehead atoms. The maximum Gasteiger partial charge on any atom is 0.167 e. The molecule has 0 unspecified atom stereocenters. The Labute approximate surface area is 405 Å². The summed E-state index contributed by atoms with van der Waals surface area (Å²) in [7, 11) is 0. The fourth-order valence-electron chi connectivity index (χ4n) is 10.3. The van der Waals surface area contributed by atoms with Crippen LogP contribution in [0.25, 0.3) is 137 Å². The molecule has 6 nitrogen and oxygen atoms in total. The number of hydrogen-bond donors (Lipinski definition) is 1. The lowest BCUT2D eigenvalue weighted by Gasteiger charge is -2.12. The molecule has 0 saturated heterocycles. The van der Waals surface area contributed by atoms with Crippen LogP contribution in [0.4, 0.5) is 0 Å². The lowest BCUT2D eigenvalue weighted by molar-refractivity contribution is 0.479. The molecule has 14 rings (SSSR count). The Morgan fingerprint density at radius 1 is 0.357 bits per heavy atom. The number of fused-ring (bicyclic) bond motifs is 9. The number of nitrogens with zero attached hydrogens (tertiary/aromatic N) is 4. The zero-order valence-electron chi connectivity index (χ0n) is 37.4. The van der Waals surface area contributed by atoms with Gasteiger partial charge in [-0.15, -0.1) is 11.3 Å². The first-order valence-corrected chi connectivity index (χ1v) is 24.1. The lowest BCUT2D eigenvalue weighted by Crippen LogP contribution is -2.01. The van der Waals surface area contributed by atoms with E-state index < -0.39 is 0 Å². The van der Waals surface area contributed by atoms with Gasteiger partial charge in [0.25, 0.3) is 0 Å². The van der Waals surface area contributed by atoms with Crippen molar-refractivity contribution in [2.45, 2.75) is 0 Å². The summed E-state index contributed by atoms with van der Waals surface area (Å²) in [5.41, 5.74) is 13.2. The molecule has 0 aliphatic carbocycles. The van der Waals surface area contributed by atoms with Gasteiger partial charge in [-0.1, -0.05) is 158 Å². The second-order valence-corrected chi connectivity index (χ2v) is 18.8. The molecule has 0 fully saturated rings. The third-order valence-corrected chi connectivity index (χ3v) is 14.7. The van der Waals surface area contributed by atoms with E-state index in [9.17, 15) is 5.11 Å². The molecule has 0 radical (unpaired) electrons. The van der Waals surface area contributed by atoms with E-state index in [1.807, 2.05) is 60.7 Å². The van der Waals surface area contributed by atoms with Crippen LogP contribution in [0.1, 0.15) is 0 Å². The SMILES string of the molecule is Oc1c(-c2ccccc2)cccc1-c1nc(-c2ccc3c(c2)sc2ccccc23)nc(-c2cccc3oc4ccc(-c5ccc6c(c5)c5ccccc5n6-c5cccc(-c6ccccc6)c5)cc4c23)n1. The fraction of sp³-hybridized carbons (Fsp3) is 0. The Kier molecular flexibility index (Phi) is 9.12. The molecule has 1 N–H and O–H groups in total. The third-order valence-electron chi connectivity index (χ3n) is 13.6. The summed E-state index contributed by atoms with van der Waals surface area (Å²) in [6, 6.07) is 77.7. The first-order chi connectivity index (χ1) is 34.6. The van der Waals surface area contributed by atoms with Gasteiger partial charge in [-0.05, 0) is 94.5 Å². The summed E-state index contributed by atoms with van der Waals surface area (Å²) in [5.74, 6) is 1.46. The molecule has 0 atom stereocenters. The highest BCUT2D eigenvalue weighted by Crippen LogP contribution is 2.43. The average Bonchev–Trinajstić information content (AvgIpc) is 4.10. The standard InChI is InChI=1S/C63H38N4O2S/c68-60-45(39-16-5-2-6-17-39)22-12-24-50(60)63-65-61(43-28-31-48-47-21-8-10-27-57(47)70-58(48)37-43)64-62(66-63)49-23-13-26-56-59(49)52-36-42(30-33-55(52)69-56)41-29-32-54-51(35-41)46-20-7-9-25-53(46)67(54)44-19-11-18-40(34-44)38-14-3-1-4-15-38/h1-37,68H. The third kappa shape index (κ3) is 6.51. The number of thiophene rings is 1. The Bertz CT molecular complexity index is 4380. The van der Waals surface area contributed by atoms with Crippen molar-refractivity contribution in [2.75, 3.05) is 0 Å². The molecule has 0 aliphatic heterocycles. The molecule has 14 aromatic rings. The van der Waals surface area contributed by atoms with Gasteiger partial charge in [0.15, 0.2) is 17.5 Å². The first kappa shape index (κ1) is 39.9. The van der Waals surface area contributed by atoms with Crippen molar-refractivity contribution in [1.82, 2.24) is 19.5 Å². The van der Waals surface area contributed by atoms with Gasteiger partial charge in [0, 0.05) is 64.1 Å². The van der Waals surface area contributed by atoms with Crippen LogP contribution in [0, 0.1) is 0 Å². The molecule has 7 heteroatoms. The smallest absolute Gasteiger partial charge is 0.167 e. The lowest BCUT2D eigenvalue weighted by atomic mass is 9.99. The molecule has 10 aromatic carbocycles. The van der Waals surface area contributed by atoms with E-state index >= 15 is 0 Å². The summed E-state index contributed by atoms with van der Waals surface area (Å²) in [6.45, 7) is 0. The van der Waals surface area contributed by atoms with Gasteiger partial charge in [0.05, 0.1) is 16.6 Å². The van der Waals surface area contributed by atoms with Crippen LogP contribution in [-0.4, -0.2) is 24.6 Å². The number of aromatic nitrogens is 4. The van der Waals surface area contributed by atoms with Crippen molar-refractivity contribution >= 4 is 75.3 Å². The quantitative estimate of drug-likeness (QED) is 0.172. The molecule has 0 amide bonds. The van der Waals surface area contributed by atoms with Gasteiger partial charge in [0.1, 0.15) is 16.9 Å². The summed E-state index contributed by atoms with van der Waals surface area (Å²) in [4.78, 5) is 15.6. The number of benzene rings is 10. The molecular formula is C63H38N4O2S. The molecule has 70 heavy (non-hydrogen) atoms. The highest BCUT2D eigenvalue weighted by Gasteiger charge is 2.22. The second-order valence-electron chi connectivity index (χ2n) is 17.7. The molecule has 0 spiro atoms. The average molecular weight is 915 g/mol. The summed E-state index contributed by atoms with van der Waals surface area (Å²) >= 11 is 1.75. The number of para-hydroxylation sites is 2. The normalized spacial score (nSPS) is 11.8. The molecule has 4 aromatic heterocycles. The monoisotopic (exact) mass is 914 g/mol. The van der Waals surface area contributed by atoms with Crippen molar-refractivity contribution in [3.8, 4) is 79.0 Å². The zero-order valence-corrected chi connectivity index (χ0v) is 38.2. The minimum Gasteiger partial charge on any atom is -0.507 e. The fourth-order valence-corrected chi connectivity index (χ4v) is 11.4. The van der Waals surface area contributed by atoms with Gasteiger partial charge < -0.3 is 14.1 Å². The van der Waals surface area contributed by atoms with Gasteiger partial charge in [-0.3, -0.25) is 0 Å². The maximum absolute atomic E-state index is 12.0. The first-order valence-electron chi connectivity index (χ1n) is 23.3. The van der Waals surface area contributed by atoms with Gasteiger partial charge in [-0.2, -0.15) is 0 Å². The second kappa shape index (κ2) is 16.0. The van der Waals surface area contributed by atoms with Crippen LogP contribution in [-0.2, 0) is 0 Å². The van der Waals surface area contributed by atoms with Crippen molar-refractivity contribution in [1.29, 1.82) is 0 Å². The van der Waals surface area contributed by atoms with Crippen LogP contribution in [0.2, 0.25) is 0 Å². The summed E-state index contributed by atoms with van der Waals surface area (Å²) in [6.07, 6.45) is 0. The van der Waals surface area contributed by atoms with Gasteiger partial charge in [-0.25, -0.2) is 15.0 Å². The van der Waals surface area contributed by atoms with Crippen LogP contribution >= 0.6 is 11.3 Å². The van der Waals surface area contributed by atoms with Crippen molar-refractivity contribution in [3.05, 3.63) is 224 Å².